The van der Waals surface area contributed by atoms with Crippen molar-refractivity contribution in [2.45, 2.75) is 37.9 Å². The third-order valence-electron chi connectivity index (χ3n) is 6.94. The van der Waals surface area contributed by atoms with Crippen molar-refractivity contribution in [2.24, 2.45) is 14.1 Å². The first-order valence-corrected chi connectivity index (χ1v) is 10.8. The molecule has 0 amide bonds. The van der Waals surface area contributed by atoms with E-state index in [-0.39, 0.29) is 5.69 Å². The van der Waals surface area contributed by atoms with Crippen molar-refractivity contribution >= 4 is 11.0 Å². The van der Waals surface area contributed by atoms with Gasteiger partial charge in [-0.2, -0.15) is 0 Å². The third-order valence-corrected chi connectivity index (χ3v) is 6.94. The van der Waals surface area contributed by atoms with Crippen molar-refractivity contribution in [3.63, 3.8) is 0 Å². The molecule has 2 fully saturated rings. The highest BCUT2D eigenvalue weighted by molar-refractivity contribution is 5.76. The van der Waals surface area contributed by atoms with Crippen molar-refractivity contribution in [1.82, 2.24) is 18.9 Å². The number of fused-ring (bicyclic) bond motifs is 2. The molecule has 2 aromatic carbocycles. The predicted molar refractivity (Wildman–Crippen MR) is 117 cm³/mol. The molecule has 0 N–H and O–H groups in total. The summed E-state index contributed by atoms with van der Waals surface area (Å²) in [6.07, 6.45) is 3.74. The number of hydrogen-bond donors (Lipinski definition) is 0. The number of aryl methyl sites for hydroxylation is 2. The summed E-state index contributed by atoms with van der Waals surface area (Å²) in [7, 11) is 3.71. The Bertz CT molecular complexity index is 1070. The van der Waals surface area contributed by atoms with E-state index in [1.54, 1.807) is 9.13 Å². The van der Waals surface area contributed by atoms with Crippen molar-refractivity contribution in [1.29, 1.82) is 0 Å². The van der Waals surface area contributed by atoms with Crippen molar-refractivity contribution in [2.75, 3.05) is 19.6 Å². The lowest BCUT2D eigenvalue weighted by Crippen LogP contribution is -2.56. The van der Waals surface area contributed by atoms with Gasteiger partial charge in [-0.25, -0.2) is 4.79 Å². The molecule has 3 heterocycles. The van der Waals surface area contributed by atoms with Gasteiger partial charge in [0.2, 0.25) is 0 Å². The summed E-state index contributed by atoms with van der Waals surface area (Å²) in [5.41, 5.74) is 4.78. The number of rotatable bonds is 4. The average molecular weight is 391 g/mol. The van der Waals surface area contributed by atoms with Gasteiger partial charge in [-0.15, -0.1) is 0 Å². The van der Waals surface area contributed by atoms with E-state index < -0.39 is 0 Å². The minimum absolute atomic E-state index is 0.0404. The Kier molecular flexibility index (Phi) is 4.80. The van der Waals surface area contributed by atoms with Gasteiger partial charge >= 0.3 is 5.69 Å². The van der Waals surface area contributed by atoms with Crippen LogP contribution in [0.25, 0.3) is 11.0 Å². The smallest absolute Gasteiger partial charge is 0.298 e. The zero-order valence-corrected chi connectivity index (χ0v) is 17.4. The molecule has 2 saturated heterocycles. The lowest BCUT2D eigenvalue weighted by atomic mass is 9.99. The molecule has 0 aliphatic carbocycles. The van der Waals surface area contributed by atoms with Crippen LogP contribution in [0.1, 0.15) is 24.0 Å². The second-order valence-electron chi connectivity index (χ2n) is 8.79. The molecule has 0 spiro atoms. The van der Waals surface area contributed by atoms with E-state index in [1.165, 1.54) is 30.5 Å². The van der Waals surface area contributed by atoms with Crippen LogP contribution < -0.4 is 5.69 Å². The summed E-state index contributed by atoms with van der Waals surface area (Å²) < 4.78 is 3.49. The van der Waals surface area contributed by atoms with Crippen LogP contribution >= 0.6 is 0 Å². The summed E-state index contributed by atoms with van der Waals surface area (Å²) in [5.74, 6) is 0. The number of benzene rings is 2. The topological polar surface area (TPSA) is 33.4 Å². The summed E-state index contributed by atoms with van der Waals surface area (Å²) >= 11 is 0. The number of imidazole rings is 1. The number of piperazine rings is 1. The molecule has 0 unspecified atom stereocenters. The first-order chi connectivity index (χ1) is 14.1. The lowest BCUT2D eigenvalue weighted by Gasteiger charge is -2.44. The van der Waals surface area contributed by atoms with Gasteiger partial charge in [0.25, 0.3) is 0 Å². The molecule has 5 nitrogen and oxygen atoms in total. The highest BCUT2D eigenvalue weighted by atomic mass is 16.1. The highest BCUT2D eigenvalue weighted by Gasteiger charge is 2.36. The molecule has 5 rings (SSSR count). The molecular formula is C24H30N4O. The molecule has 1 aromatic heterocycles. The summed E-state index contributed by atoms with van der Waals surface area (Å²) in [6, 6.07) is 18.6. The minimum Gasteiger partial charge on any atom is -0.298 e. The van der Waals surface area contributed by atoms with Gasteiger partial charge in [-0.05, 0) is 49.1 Å². The largest absolute Gasteiger partial charge is 0.328 e. The van der Waals surface area contributed by atoms with Gasteiger partial charge in [0.15, 0.2) is 0 Å². The van der Waals surface area contributed by atoms with Gasteiger partial charge in [0, 0.05) is 45.8 Å². The van der Waals surface area contributed by atoms with Crippen LogP contribution in [0.4, 0.5) is 0 Å². The Morgan fingerprint density at radius 3 is 2.55 bits per heavy atom. The molecule has 0 radical (unpaired) electrons. The van der Waals surface area contributed by atoms with E-state index in [0.29, 0.717) is 12.1 Å². The first kappa shape index (κ1) is 18.6. The van der Waals surface area contributed by atoms with E-state index in [4.69, 9.17) is 0 Å². The SMILES string of the molecule is Cn1c(=O)n(C)c2cc(CN3C[C@@H]4CCCN4C[C@H]3Cc3ccccc3)ccc21. The Morgan fingerprint density at radius 2 is 1.72 bits per heavy atom. The Hall–Kier alpha value is -2.37. The predicted octanol–water partition coefficient (Wildman–Crippen LogP) is 2.77. The monoisotopic (exact) mass is 390 g/mol. The van der Waals surface area contributed by atoms with Crippen LogP contribution in [0.15, 0.2) is 53.3 Å². The molecule has 152 valence electrons. The van der Waals surface area contributed by atoms with Gasteiger partial charge in [0.05, 0.1) is 11.0 Å². The molecule has 0 saturated carbocycles. The summed E-state index contributed by atoms with van der Waals surface area (Å²) in [5, 5.41) is 0. The number of hydrogen-bond acceptors (Lipinski definition) is 3. The second-order valence-corrected chi connectivity index (χ2v) is 8.79. The number of nitrogens with zero attached hydrogens (tertiary/aromatic N) is 4. The van der Waals surface area contributed by atoms with Crippen LogP contribution in [0.2, 0.25) is 0 Å². The van der Waals surface area contributed by atoms with Crippen LogP contribution in [-0.2, 0) is 27.1 Å². The van der Waals surface area contributed by atoms with Crippen LogP contribution in [0, 0.1) is 0 Å². The van der Waals surface area contributed by atoms with E-state index >= 15 is 0 Å². The quantitative estimate of drug-likeness (QED) is 0.687. The molecule has 3 aromatic rings. The molecule has 5 heteroatoms. The standard InChI is InChI=1S/C24H30N4O/c1-25-22-11-10-19(14-23(22)26(2)24(25)29)15-28-16-20-9-6-12-27(20)17-21(28)13-18-7-4-3-5-8-18/h3-5,7-8,10-11,14,20-21H,6,9,12-13,15-17H2,1-2H3/t20-,21+/m0/s1. The van der Waals surface area contributed by atoms with Crippen LogP contribution in [0.5, 0.6) is 0 Å². The van der Waals surface area contributed by atoms with E-state index in [9.17, 15) is 4.79 Å². The van der Waals surface area contributed by atoms with E-state index in [1.807, 2.05) is 14.1 Å². The second kappa shape index (κ2) is 7.47. The Balaban J connectivity index is 1.43. The highest BCUT2D eigenvalue weighted by Crippen LogP contribution is 2.28. The normalized spacial score (nSPS) is 23.0. The average Bonchev–Trinajstić information content (AvgIpc) is 3.27. The van der Waals surface area contributed by atoms with Gasteiger partial charge in [0.1, 0.15) is 0 Å². The molecule has 2 aliphatic rings. The fourth-order valence-corrected chi connectivity index (χ4v) is 5.31. The molecule has 29 heavy (non-hydrogen) atoms. The van der Waals surface area contributed by atoms with Crippen LogP contribution in [0.3, 0.4) is 0 Å². The summed E-state index contributed by atoms with van der Waals surface area (Å²) in [4.78, 5) is 17.7. The Morgan fingerprint density at radius 1 is 0.931 bits per heavy atom. The lowest BCUT2D eigenvalue weighted by molar-refractivity contribution is 0.0456. The summed E-state index contributed by atoms with van der Waals surface area (Å²) in [6.45, 7) is 4.50. The van der Waals surface area contributed by atoms with Gasteiger partial charge in [-0.1, -0.05) is 36.4 Å². The van der Waals surface area contributed by atoms with Gasteiger partial charge in [-0.3, -0.25) is 18.9 Å². The van der Waals surface area contributed by atoms with E-state index in [2.05, 4.69) is 58.3 Å². The zero-order chi connectivity index (χ0) is 20.0. The first-order valence-electron chi connectivity index (χ1n) is 10.8. The third kappa shape index (κ3) is 3.43. The molecule has 2 atom stereocenters. The minimum atomic E-state index is 0.0404. The maximum Gasteiger partial charge on any atom is 0.328 e. The Labute approximate surface area is 172 Å². The fourth-order valence-electron chi connectivity index (χ4n) is 5.31. The molecular weight excluding hydrogens is 360 g/mol. The number of aromatic nitrogens is 2. The van der Waals surface area contributed by atoms with Crippen molar-refractivity contribution in [3.8, 4) is 0 Å². The maximum absolute atomic E-state index is 12.3. The van der Waals surface area contributed by atoms with E-state index in [0.717, 1.165) is 37.1 Å². The van der Waals surface area contributed by atoms with Crippen molar-refractivity contribution in [3.05, 3.63) is 70.1 Å². The van der Waals surface area contributed by atoms with Crippen LogP contribution in [-0.4, -0.2) is 50.7 Å². The zero-order valence-electron chi connectivity index (χ0n) is 17.4. The molecule has 0 bridgehead atoms. The fraction of sp³-hybridized carbons (Fsp3) is 0.458. The maximum atomic E-state index is 12.3. The molecule has 2 aliphatic heterocycles. The van der Waals surface area contributed by atoms with Gasteiger partial charge < -0.3 is 0 Å². The van der Waals surface area contributed by atoms with Crippen molar-refractivity contribution < 1.29 is 0 Å².